The van der Waals surface area contributed by atoms with Crippen molar-refractivity contribution in [3.8, 4) is 5.75 Å². The summed E-state index contributed by atoms with van der Waals surface area (Å²) in [5.74, 6) is 1.28. The minimum atomic E-state index is -1.78. The second-order valence-electron chi connectivity index (χ2n) is 5.75. The highest BCUT2D eigenvalue weighted by Crippen LogP contribution is 2.38. The van der Waals surface area contributed by atoms with Crippen LogP contribution in [0.4, 0.5) is 0 Å². The van der Waals surface area contributed by atoms with Crippen LogP contribution in [0.25, 0.3) is 0 Å². The molecule has 0 aliphatic carbocycles. The van der Waals surface area contributed by atoms with E-state index in [1.165, 1.54) is 0 Å². The van der Waals surface area contributed by atoms with Crippen molar-refractivity contribution >= 4 is 31.5 Å². The Morgan fingerprint density at radius 1 is 1.24 bits per heavy atom. The normalized spacial score (nSPS) is 12.6. The predicted octanol–water partition coefficient (Wildman–Crippen LogP) is 5.46. The van der Waals surface area contributed by atoms with E-state index in [1.54, 1.807) is 0 Å². The van der Waals surface area contributed by atoms with E-state index in [9.17, 15) is 0 Å². The first-order valence-electron chi connectivity index (χ1n) is 5.71. The largest absolute Gasteiger partial charge is 0.543 e. The van der Waals surface area contributed by atoms with Crippen LogP contribution in [-0.4, -0.2) is 8.32 Å². The molecule has 0 unspecified atom stereocenters. The van der Waals surface area contributed by atoms with Crippen LogP contribution in [0.1, 0.15) is 26.3 Å². The highest BCUT2D eigenvalue weighted by Gasteiger charge is 2.38. The molecule has 1 aromatic carbocycles. The SMILES string of the molecule is CC(C)(C)[Si](C)(C)Oc1ccc(Cl)c(CCl)c1. The summed E-state index contributed by atoms with van der Waals surface area (Å²) >= 11 is 11.9. The number of rotatable bonds is 3. The molecule has 0 aromatic heterocycles. The summed E-state index contributed by atoms with van der Waals surface area (Å²) in [6, 6.07) is 5.70. The summed E-state index contributed by atoms with van der Waals surface area (Å²) in [6.07, 6.45) is 0. The van der Waals surface area contributed by atoms with Crippen molar-refractivity contribution in [2.45, 2.75) is 44.8 Å². The van der Waals surface area contributed by atoms with E-state index in [-0.39, 0.29) is 5.04 Å². The summed E-state index contributed by atoms with van der Waals surface area (Å²) < 4.78 is 6.19. The first-order chi connectivity index (χ1) is 7.67. The fourth-order valence-corrected chi connectivity index (χ4v) is 2.66. The molecule has 4 heteroatoms. The Labute approximate surface area is 115 Å². The fraction of sp³-hybridized carbons (Fsp3) is 0.538. The monoisotopic (exact) mass is 290 g/mol. The van der Waals surface area contributed by atoms with E-state index >= 15 is 0 Å². The van der Waals surface area contributed by atoms with Gasteiger partial charge < -0.3 is 4.43 Å². The Morgan fingerprint density at radius 2 is 1.82 bits per heavy atom. The zero-order valence-corrected chi connectivity index (χ0v) is 13.6. The van der Waals surface area contributed by atoms with Crippen molar-refractivity contribution in [1.82, 2.24) is 0 Å². The van der Waals surface area contributed by atoms with E-state index in [4.69, 9.17) is 27.6 Å². The van der Waals surface area contributed by atoms with Gasteiger partial charge in [-0.25, -0.2) is 0 Å². The quantitative estimate of drug-likeness (QED) is 0.530. The van der Waals surface area contributed by atoms with Crippen molar-refractivity contribution in [2.24, 2.45) is 0 Å². The molecular weight excluding hydrogens is 271 g/mol. The summed E-state index contributed by atoms with van der Waals surface area (Å²) in [7, 11) is -1.78. The summed E-state index contributed by atoms with van der Waals surface area (Å²) in [4.78, 5) is 0. The van der Waals surface area contributed by atoms with Crippen molar-refractivity contribution in [1.29, 1.82) is 0 Å². The first kappa shape index (κ1) is 14.9. The second kappa shape index (κ2) is 5.21. The Bertz CT molecular complexity index is 397. The molecule has 1 aromatic rings. The number of benzene rings is 1. The molecule has 0 radical (unpaired) electrons. The zero-order chi connectivity index (χ0) is 13.3. The predicted molar refractivity (Wildman–Crippen MR) is 78.8 cm³/mol. The molecule has 0 spiro atoms. The topological polar surface area (TPSA) is 9.23 Å². The van der Waals surface area contributed by atoms with E-state index in [1.807, 2.05) is 18.2 Å². The van der Waals surface area contributed by atoms with Gasteiger partial charge in [0, 0.05) is 10.9 Å². The molecule has 1 nitrogen and oxygen atoms in total. The molecular formula is C13H20Cl2OSi. The van der Waals surface area contributed by atoms with Gasteiger partial charge in [-0.05, 0) is 41.9 Å². The van der Waals surface area contributed by atoms with Gasteiger partial charge in [0.25, 0.3) is 0 Å². The number of hydrogen-bond acceptors (Lipinski definition) is 1. The van der Waals surface area contributed by atoms with E-state index < -0.39 is 8.32 Å². The molecule has 0 heterocycles. The van der Waals surface area contributed by atoms with Gasteiger partial charge in [0.1, 0.15) is 5.75 Å². The van der Waals surface area contributed by atoms with Crippen LogP contribution >= 0.6 is 23.2 Å². The summed E-state index contributed by atoms with van der Waals surface area (Å²) in [5, 5.41) is 0.885. The van der Waals surface area contributed by atoms with Gasteiger partial charge in [-0.1, -0.05) is 32.4 Å². The molecule has 0 fully saturated rings. The Kier molecular flexibility index (Phi) is 4.56. The third-order valence-corrected chi connectivity index (χ3v) is 8.36. The number of alkyl halides is 1. The lowest BCUT2D eigenvalue weighted by Crippen LogP contribution is -2.43. The maximum Gasteiger partial charge on any atom is 0.250 e. The molecule has 96 valence electrons. The smallest absolute Gasteiger partial charge is 0.250 e. The minimum Gasteiger partial charge on any atom is -0.543 e. The molecule has 0 saturated heterocycles. The lowest BCUT2D eigenvalue weighted by molar-refractivity contribution is 0.492. The molecule has 17 heavy (non-hydrogen) atoms. The van der Waals surface area contributed by atoms with Gasteiger partial charge in [0.15, 0.2) is 0 Å². The summed E-state index contributed by atoms with van der Waals surface area (Å²) in [5.41, 5.74) is 0.921. The van der Waals surface area contributed by atoms with E-state index in [0.717, 1.165) is 11.3 Å². The fourth-order valence-electron chi connectivity index (χ4n) is 1.16. The molecule has 0 aliphatic rings. The van der Waals surface area contributed by atoms with Gasteiger partial charge >= 0.3 is 0 Å². The standard InChI is InChI=1S/C13H20Cl2OSi/c1-13(2,3)17(4,5)16-11-6-7-12(15)10(8-11)9-14/h6-8H,9H2,1-5H3. The van der Waals surface area contributed by atoms with Gasteiger partial charge in [-0.15, -0.1) is 11.6 Å². The van der Waals surface area contributed by atoms with Crippen molar-refractivity contribution in [2.75, 3.05) is 0 Å². The highest BCUT2D eigenvalue weighted by molar-refractivity contribution is 6.74. The first-order valence-corrected chi connectivity index (χ1v) is 9.53. The molecule has 0 aliphatic heterocycles. The third-order valence-electron chi connectivity index (χ3n) is 3.34. The summed E-state index contributed by atoms with van der Waals surface area (Å²) in [6.45, 7) is 11.1. The van der Waals surface area contributed by atoms with Crippen LogP contribution in [0.15, 0.2) is 18.2 Å². The zero-order valence-electron chi connectivity index (χ0n) is 11.1. The molecule has 0 N–H and O–H groups in total. The molecule has 0 bridgehead atoms. The maximum atomic E-state index is 6.19. The van der Waals surface area contributed by atoms with Crippen LogP contribution in [0.3, 0.4) is 0 Å². The van der Waals surface area contributed by atoms with E-state index in [2.05, 4.69) is 33.9 Å². The lowest BCUT2D eigenvalue weighted by Gasteiger charge is -2.36. The minimum absolute atomic E-state index is 0.188. The van der Waals surface area contributed by atoms with Crippen molar-refractivity contribution < 1.29 is 4.43 Å². The molecule has 0 amide bonds. The number of halogens is 2. The molecule has 0 saturated carbocycles. The van der Waals surface area contributed by atoms with Crippen LogP contribution in [0, 0.1) is 0 Å². The third kappa shape index (κ3) is 3.64. The van der Waals surface area contributed by atoms with Gasteiger partial charge in [0.2, 0.25) is 8.32 Å². The maximum absolute atomic E-state index is 6.19. The highest BCUT2D eigenvalue weighted by atomic mass is 35.5. The van der Waals surface area contributed by atoms with Gasteiger partial charge in [-0.3, -0.25) is 0 Å². The van der Waals surface area contributed by atoms with Crippen LogP contribution in [-0.2, 0) is 5.88 Å². The Hall–Kier alpha value is -0.183. The second-order valence-corrected chi connectivity index (χ2v) is 11.1. The van der Waals surface area contributed by atoms with E-state index in [0.29, 0.717) is 10.9 Å². The molecule has 1 rings (SSSR count). The Balaban J connectivity index is 2.96. The molecule has 0 atom stereocenters. The van der Waals surface area contributed by atoms with Crippen LogP contribution < -0.4 is 4.43 Å². The lowest BCUT2D eigenvalue weighted by atomic mass is 10.2. The van der Waals surface area contributed by atoms with Crippen molar-refractivity contribution in [3.63, 3.8) is 0 Å². The number of hydrogen-bond donors (Lipinski definition) is 0. The van der Waals surface area contributed by atoms with Crippen molar-refractivity contribution in [3.05, 3.63) is 28.8 Å². The van der Waals surface area contributed by atoms with Gasteiger partial charge in [-0.2, -0.15) is 0 Å². The van der Waals surface area contributed by atoms with Crippen LogP contribution in [0.5, 0.6) is 5.75 Å². The Morgan fingerprint density at radius 3 is 2.29 bits per heavy atom. The average Bonchev–Trinajstić information content (AvgIpc) is 2.19. The average molecular weight is 291 g/mol. The van der Waals surface area contributed by atoms with Crippen LogP contribution in [0.2, 0.25) is 23.2 Å². The van der Waals surface area contributed by atoms with Gasteiger partial charge in [0.05, 0.1) is 0 Å².